The zero-order valence-electron chi connectivity index (χ0n) is 13.5. The minimum Gasteiger partial charge on any atom is -0.205 e. The van der Waals surface area contributed by atoms with Crippen molar-refractivity contribution < 1.29 is 4.39 Å². The van der Waals surface area contributed by atoms with Gasteiger partial charge in [0.2, 0.25) is 0 Å². The summed E-state index contributed by atoms with van der Waals surface area (Å²) in [6, 6.07) is 6.68. The zero-order chi connectivity index (χ0) is 15.3. The minimum absolute atomic E-state index is 0.171. The molecule has 0 amide bonds. The van der Waals surface area contributed by atoms with Crippen molar-refractivity contribution >= 4 is 5.69 Å². The summed E-state index contributed by atoms with van der Waals surface area (Å²) < 4.78 is 13.4. The lowest BCUT2D eigenvalue weighted by molar-refractivity contribution is 0.534. The monoisotopic (exact) mass is 292 g/mol. The van der Waals surface area contributed by atoms with Gasteiger partial charge in [-0.3, -0.25) is 0 Å². The van der Waals surface area contributed by atoms with E-state index in [1.54, 1.807) is 18.2 Å². The van der Waals surface area contributed by atoms with Gasteiger partial charge < -0.3 is 0 Å². The van der Waals surface area contributed by atoms with Crippen molar-refractivity contribution in [3.8, 4) is 0 Å². The molecule has 0 fully saturated rings. The number of benzene rings is 1. The number of azo groups is 1. The summed E-state index contributed by atoms with van der Waals surface area (Å²) in [4.78, 5) is 0. The molecule has 0 saturated carbocycles. The fourth-order valence-electron chi connectivity index (χ4n) is 2.32. The second-order valence-electron chi connectivity index (χ2n) is 5.78. The van der Waals surface area contributed by atoms with Crippen LogP contribution in [-0.2, 0) is 0 Å². The molecule has 0 aliphatic heterocycles. The zero-order valence-corrected chi connectivity index (χ0v) is 13.5. The van der Waals surface area contributed by atoms with E-state index in [4.69, 9.17) is 0 Å². The van der Waals surface area contributed by atoms with E-state index in [0.29, 0.717) is 5.69 Å². The smallest absolute Gasteiger partial charge is 0.150 e. The average molecular weight is 292 g/mol. The van der Waals surface area contributed by atoms with Crippen LogP contribution < -0.4 is 0 Å². The standard InChI is InChI=1S/C18H29FN2/c1-3-4-5-6-7-8-9-10-13-16(2)20-21-18-15-12-11-14-17(18)19/h11-12,14-16H,3-10,13H2,1-2H3. The fraction of sp³-hybridized carbons (Fsp3) is 0.667. The van der Waals surface area contributed by atoms with Crippen LogP contribution in [-0.4, -0.2) is 6.04 Å². The maximum Gasteiger partial charge on any atom is 0.150 e. The van der Waals surface area contributed by atoms with Crippen molar-refractivity contribution in [2.45, 2.75) is 77.7 Å². The lowest BCUT2D eigenvalue weighted by Crippen LogP contribution is -1.96. The average Bonchev–Trinajstić information content (AvgIpc) is 2.49. The normalized spacial score (nSPS) is 12.9. The molecule has 1 unspecified atom stereocenters. The van der Waals surface area contributed by atoms with E-state index in [9.17, 15) is 4.39 Å². The van der Waals surface area contributed by atoms with Gasteiger partial charge in [-0.2, -0.15) is 10.2 Å². The third kappa shape index (κ3) is 8.59. The molecule has 0 radical (unpaired) electrons. The van der Waals surface area contributed by atoms with Crippen molar-refractivity contribution in [2.24, 2.45) is 10.2 Å². The number of nitrogens with zero attached hydrogens (tertiary/aromatic N) is 2. The SMILES string of the molecule is CCCCCCCCCCC(C)N=Nc1ccccc1F. The molecule has 2 nitrogen and oxygen atoms in total. The summed E-state index contributed by atoms with van der Waals surface area (Å²) in [5, 5.41) is 8.20. The van der Waals surface area contributed by atoms with Gasteiger partial charge in [-0.15, -0.1) is 0 Å². The molecule has 1 rings (SSSR count). The van der Waals surface area contributed by atoms with Gasteiger partial charge in [-0.25, -0.2) is 4.39 Å². The van der Waals surface area contributed by atoms with Crippen molar-refractivity contribution in [3.05, 3.63) is 30.1 Å². The van der Waals surface area contributed by atoms with Crippen LogP contribution in [0.5, 0.6) is 0 Å². The second kappa shape index (κ2) is 11.4. The topological polar surface area (TPSA) is 24.7 Å². The number of hydrogen-bond donors (Lipinski definition) is 0. The van der Waals surface area contributed by atoms with E-state index in [-0.39, 0.29) is 11.9 Å². The predicted octanol–water partition coefficient (Wildman–Crippen LogP) is 6.83. The predicted molar refractivity (Wildman–Crippen MR) is 87.6 cm³/mol. The first-order valence-corrected chi connectivity index (χ1v) is 8.39. The molecular weight excluding hydrogens is 263 g/mol. The van der Waals surface area contributed by atoms with E-state index < -0.39 is 0 Å². The molecule has 0 heterocycles. The molecule has 118 valence electrons. The van der Waals surface area contributed by atoms with Crippen LogP contribution in [0.3, 0.4) is 0 Å². The summed E-state index contributed by atoms with van der Waals surface area (Å²) in [5.74, 6) is -0.305. The Balaban J connectivity index is 2.09. The molecule has 21 heavy (non-hydrogen) atoms. The third-order valence-corrected chi connectivity index (χ3v) is 3.69. The Kier molecular flexibility index (Phi) is 9.68. The number of rotatable bonds is 11. The molecule has 1 aromatic rings. The van der Waals surface area contributed by atoms with Gasteiger partial charge in [0.1, 0.15) is 5.69 Å². The Morgan fingerprint density at radius 1 is 0.952 bits per heavy atom. The van der Waals surface area contributed by atoms with Gasteiger partial charge in [-0.05, 0) is 25.5 Å². The summed E-state index contributed by atoms with van der Waals surface area (Å²) in [5.41, 5.74) is 0.334. The lowest BCUT2D eigenvalue weighted by Gasteiger charge is -2.05. The van der Waals surface area contributed by atoms with Crippen LogP contribution in [0.2, 0.25) is 0 Å². The quantitative estimate of drug-likeness (QED) is 0.315. The van der Waals surface area contributed by atoms with Gasteiger partial charge in [0, 0.05) is 0 Å². The molecule has 1 aromatic carbocycles. The molecule has 1 atom stereocenters. The Morgan fingerprint density at radius 3 is 2.24 bits per heavy atom. The molecular formula is C18H29FN2. The van der Waals surface area contributed by atoms with Crippen LogP contribution >= 0.6 is 0 Å². The van der Waals surface area contributed by atoms with E-state index in [0.717, 1.165) is 6.42 Å². The van der Waals surface area contributed by atoms with E-state index in [1.165, 1.54) is 57.4 Å². The molecule has 0 saturated heterocycles. The highest BCUT2D eigenvalue weighted by Crippen LogP contribution is 2.18. The molecule has 0 spiro atoms. The Bertz CT molecular complexity index is 404. The Labute approximate surface area is 128 Å². The van der Waals surface area contributed by atoms with Crippen LogP contribution in [0.15, 0.2) is 34.5 Å². The van der Waals surface area contributed by atoms with E-state index in [1.807, 2.05) is 6.92 Å². The van der Waals surface area contributed by atoms with Gasteiger partial charge >= 0.3 is 0 Å². The highest BCUT2D eigenvalue weighted by Gasteiger charge is 2.02. The van der Waals surface area contributed by atoms with Gasteiger partial charge in [0.05, 0.1) is 6.04 Å². The molecule has 0 N–H and O–H groups in total. The van der Waals surface area contributed by atoms with Crippen LogP contribution in [0, 0.1) is 5.82 Å². The highest BCUT2D eigenvalue weighted by atomic mass is 19.1. The van der Waals surface area contributed by atoms with Crippen molar-refractivity contribution in [3.63, 3.8) is 0 Å². The van der Waals surface area contributed by atoms with Crippen LogP contribution in [0.4, 0.5) is 10.1 Å². The molecule has 0 aliphatic carbocycles. The third-order valence-electron chi connectivity index (χ3n) is 3.69. The first-order valence-electron chi connectivity index (χ1n) is 8.39. The first kappa shape index (κ1) is 17.8. The number of unbranched alkanes of at least 4 members (excludes halogenated alkanes) is 7. The molecule has 0 bridgehead atoms. The number of hydrogen-bond acceptors (Lipinski definition) is 2. The second-order valence-corrected chi connectivity index (χ2v) is 5.78. The minimum atomic E-state index is -0.305. The molecule has 3 heteroatoms. The Hall–Kier alpha value is -1.25. The summed E-state index contributed by atoms with van der Waals surface area (Å²) in [7, 11) is 0. The maximum absolute atomic E-state index is 13.4. The molecule has 0 aromatic heterocycles. The summed E-state index contributed by atoms with van der Waals surface area (Å²) in [6.45, 7) is 4.29. The van der Waals surface area contributed by atoms with Crippen molar-refractivity contribution in [1.29, 1.82) is 0 Å². The summed E-state index contributed by atoms with van der Waals surface area (Å²) >= 11 is 0. The summed E-state index contributed by atoms with van der Waals surface area (Å²) in [6.07, 6.45) is 11.6. The largest absolute Gasteiger partial charge is 0.205 e. The lowest BCUT2D eigenvalue weighted by atomic mass is 10.1. The number of halogens is 1. The van der Waals surface area contributed by atoms with Crippen LogP contribution in [0.25, 0.3) is 0 Å². The highest BCUT2D eigenvalue weighted by molar-refractivity contribution is 5.36. The van der Waals surface area contributed by atoms with Gasteiger partial charge in [-0.1, -0.05) is 70.4 Å². The van der Waals surface area contributed by atoms with Crippen molar-refractivity contribution in [2.75, 3.05) is 0 Å². The first-order chi connectivity index (χ1) is 10.2. The van der Waals surface area contributed by atoms with Gasteiger partial charge in [0.15, 0.2) is 5.82 Å². The van der Waals surface area contributed by atoms with E-state index >= 15 is 0 Å². The van der Waals surface area contributed by atoms with Gasteiger partial charge in [0.25, 0.3) is 0 Å². The fourth-order valence-corrected chi connectivity index (χ4v) is 2.32. The van der Waals surface area contributed by atoms with Crippen molar-refractivity contribution in [1.82, 2.24) is 0 Å². The van der Waals surface area contributed by atoms with E-state index in [2.05, 4.69) is 17.2 Å². The van der Waals surface area contributed by atoms with Crippen LogP contribution in [0.1, 0.15) is 71.6 Å². The maximum atomic E-state index is 13.4. The molecule has 0 aliphatic rings. The Morgan fingerprint density at radius 2 is 1.57 bits per heavy atom.